The van der Waals surface area contributed by atoms with Crippen LogP contribution in [0.1, 0.15) is 5.56 Å². The van der Waals surface area contributed by atoms with Gasteiger partial charge in [0.1, 0.15) is 0 Å². The number of hydrogen-bond acceptors (Lipinski definition) is 5. The second-order valence-corrected chi connectivity index (χ2v) is 8.72. The second-order valence-electron chi connectivity index (χ2n) is 6.42. The average molecular weight is 425 g/mol. The zero-order valence-electron chi connectivity index (χ0n) is 15.5. The van der Waals surface area contributed by atoms with Gasteiger partial charge in [-0.1, -0.05) is 48.0 Å². The Morgan fingerprint density at radius 2 is 1.55 bits per heavy atom. The molecule has 0 aliphatic rings. The number of oxazole rings is 1. The van der Waals surface area contributed by atoms with Crippen molar-refractivity contribution in [3.8, 4) is 11.5 Å². The van der Waals surface area contributed by atoms with Gasteiger partial charge in [-0.05, 0) is 55.0 Å². The molecule has 1 heterocycles. The van der Waals surface area contributed by atoms with Crippen molar-refractivity contribution in [2.24, 2.45) is 0 Å². The molecule has 0 radical (unpaired) electrons. The summed E-state index contributed by atoms with van der Waals surface area (Å²) in [5.41, 5.74) is 2.28. The fourth-order valence-electron chi connectivity index (χ4n) is 2.87. The largest absolute Gasteiger partial charge is 0.419 e. The first kappa shape index (κ1) is 19.2. The van der Waals surface area contributed by atoms with Gasteiger partial charge < -0.3 is 9.73 Å². The van der Waals surface area contributed by atoms with Crippen LogP contribution >= 0.6 is 11.6 Å². The number of rotatable bonds is 5. The van der Waals surface area contributed by atoms with Crippen LogP contribution in [0.3, 0.4) is 0 Å². The summed E-state index contributed by atoms with van der Waals surface area (Å²) < 4.78 is 32.4. The van der Waals surface area contributed by atoms with Crippen molar-refractivity contribution in [3.63, 3.8) is 0 Å². The number of aryl methyl sites for hydroxylation is 1. The van der Waals surface area contributed by atoms with E-state index in [-0.39, 0.29) is 21.7 Å². The molecule has 1 N–H and O–H groups in total. The zero-order chi connectivity index (χ0) is 20.4. The molecule has 3 aromatic carbocycles. The summed E-state index contributed by atoms with van der Waals surface area (Å²) in [6, 6.07) is 22.5. The van der Waals surface area contributed by atoms with Gasteiger partial charge >= 0.3 is 0 Å². The van der Waals surface area contributed by atoms with Crippen molar-refractivity contribution >= 4 is 33.0 Å². The van der Waals surface area contributed by atoms with E-state index in [9.17, 15) is 8.42 Å². The summed E-state index contributed by atoms with van der Waals surface area (Å²) in [5.74, 6) is 0.281. The number of halogens is 1. The number of nitrogens with zero attached hydrogens (tertiary/aromatic N) is 1. The maximum absolute atomic E-state index is 13.2. The maximum Gasteiger partial charge on any atom is 0.238 e. The van der Waals surface area contributed by atoms with Crippen molar-refractivity contribution in [1.82, 2.24) is 4.98 Å². The predicted molar refractivity (Wildman–Crippen MR) is 113 cm³/mol. The molecule has 0 saturated carbocycles. The molecule has 0 aliphatic heterocycles. The molecule has 1 aromatic heterocycles. The van der Waals surface area contributed by atoms with Crippen molar-refractivity contribution in [2.75, 3.05) is 5.32 Å². The number of aromatic nitrogens is 1. The van der Waals surface area contributed by atoms with Crippen molar-refractivity contribution in [2.45, 2.75) is 16.8 Å². The Kier molecular flexibility index (Phi) is 5.13. The number of benzene rings is 3. The number of sulfone groups is 1. The molecule has 0 aliphatic carbocycles. The van der Waals surface area contributed by atoms with Crippen molar-refractivity contribution in [1.29, 1.82) is 0 Å². The SMILES string of the molecule is Cc1ccccc1-c1nc(S(=O)(=O)c2ccccc2)c(Nc2ccc(Cl)cc2)o1. The highest BCUT2D eigenvalue weighted by molar-refractivity contribution is 7.91. The van der Waals surface area contributed by atoms with Gasteiger partial charge in [0, 0.05) is 16.3 Å². The third-order valence-corrected chi connectivity index (χ3v) is 6.31. The maximum atomic E-state index is 13.2. The molecule has 5 nitrogen and oxygen atoms in total. The summed E-state index contributed by atoms with van der Waals surface area (Å²) in [4.78, 5) is 4.50. The van der Waals surface area contributed by atoms with Crippen molar-refractivity contribution in [3.05, 3.63) is 89.4 Å². The first-order valence-corrected chi connectivity index (χ1v) is 10.7. The fraction of sp³-hybridized carbons (Fsp3) is 0.0455. The van der Waals surface area contributed by atoms with Gasteiger partial charge in [-0.3, -0.25) is 0 Å². The molecule has 0 spiro atoms. The summed E-state index contributed by atoms with van der Waals surface area (Å²) >= 11 is 5.94. The van der Waals surface area contributed by atoms with E-state index < -0.39 is 9.84 Å². The van der Waals surface area contributed by atoms with E-state index in [4.69, 9.17) is 16.0 Å². The Labute approximate surface area is 173 Å². The van der Waals surface area contributed by atoms with Crippen LogP contribution in [0.4, 0.5) is 11.6 Å². The minimum Gasteiger partial charge on any atom is -0.419 e. The molecule has 0 bridgehead atoms. The quantitative estimate of drug-likeness (QED) is 0.433. The minimum atomic E-state index is -3.89. The van der Waals surface area contributed by atoms with Gasteiger partial charge in [0.05, 0.1) is 4.90 Å². The lowest BCUT2D eigenvalue weighted by molar-refractivity contribution is 0.581. The monoisotopic (exact) mass is 424 g/mol. The standard InChI is InChI=1S/C22H17ClN2O3S/c1-15-7-5-6-10-19(15)20-25-22(29(26,27)18-8-3-2-4-9-18)21(28-20)24-17-13-11-16(23)12-14-17/h2-14,24H,1H3. The lowest BCUT2D eigenvalue weighted by atomic mass is 10.1. The average Bonchev–Trinajstić information content (AvgIpc) is 3.15. The Balaban J connectivity index is 1.86. The van der Waals surface area contributed by atoms with Gasteiger partial charge in [-0.2, -0.15) is 4.98 Å². The van der Waals surface area contributed by atoms with E-state index in [0.29, 0.717) is 10.7 Å². The first-order valence-electron chi connectivity index (χ1n) is 8.85. The van der Waals surface area contributed by atoms with Gasteiger partial charge in [0.2, 0.25) is 26.6 Å². The van der Waals surface area contributed by atoms with Crippen LogP contribution < -0.4 is 5.32 Å². The second kappa shape index (κ2) is 7.73. The fourth-order valence-corrected chi connectivity index (χ4v) is 4.28. The van der Waals surface area contributed by atoms with Crippen molar-refractivity contribution < 1.29 is 12.8 Å². The highest BCUT2D eigenvalue weighted by Crippen LogP contribution is 2.35. The Hall–Kier alpha value is -3.09. The summed E-state index contributed by atoms with van der Waals surface area (Å²) in [5, 5.41) is 3.42. The van der Waals surface area contributed by atoms with E-state index >= 15 is 0 Å². The zero-order valence-corrected chi connectivity index (χ0v) is 17.0. The molecule has 0 atom stereocenters. The van der Waals surface area contributed by atoms with Crippen LogP contribution in [0.5, 0.6) is 0 Å². The molecular weight excluding hydrogens is 408 g/mol. The van der Waals surface area contributed by atoms with Crippen LogP contribution in [0.25, 0.3) is 11.5 Å². The molecule has 4 aromatic rings. The minimum absolute atomic E-state index is 0.0504. The summed E-state index contributed by atoms with van der Waals surface area (Å²) in [6.07, 6.45) is 0. The highest BCUT2D eigenvalue weighted by atomic mass is 35.5. The Bertz CT molecular complexity index is 1250. The first-order chi connectivity index (χ1) is 13.9. The molecule has 29 heavy (non-hydrogen) atoms. The molecule has 0 unspecified atom stereocenters. The number of hydrogen-bond donors (Lipinski definition) is 1. The lowest BCUT2D eigenvalue weighted by Crippen LogP contribution is -2.05. The third kappa shape index (κ3) is 3.90. The van der Waals surface area contributed by atoms with E-state index in [1.807, 2.05) is 31.2 Å². The normalized spacial score (nSPS) is 11.4. The van der Waals surface area contributed by atoms with E-state index in [2.05, 4.69) is 10.3 Å². The van der Waals surface area contributed by atoms with Crippen LogP contribution in [-0.2, 0) is 9.84 Å². The van der Waals surface area contributed by atoms with Gasteiger partial charge in [0.15, 0.2) is 0 Å². The van der Waals surface area contributed by atoms with Gasteiger partial charge in [-0.15, -0.1) is 0 Å². The van der Waals surface area contributed by atoms with Crippen LogP contribution in [-0.4, -0.2) is 13.4 Å². The Morgan fingerprint density at radius 1 is 0.897 bits per heavy atom. The number of nitrogens with one attached hydrogen (secondary N) is 1. The van der Waals surface area contributed by atoms with E-state index in [0.717, 1.165) is 11.1 Å². The van der Waals surface area contributed by atoms with E-state index in [1.165, 1.54) is 12.1 Å². The third-order valence-electron chi connectivity index (χ3n) is 4.38. The van der Waals surface area contributed by atoms with Gasteiger partial charge in [-0.25, -0.2) is 8.42 Å². The predicted octanol–water partition coefficient (Wildman–Crippen LogP) is 5.88. The van der Waals surface area contributed by atoms with E-state index in [1.54, 1.807) is 42.5 Å². The molecule has 146 valence electrons. The lowest BCUT2D eigenvalue weighted by Gasteiger charge is -2.06. The smallest absolute Gasteiger partial charge is 0.238 e. The van der Waals surface area contributed by atoms with Crippen LogP contribution in [0.2, 0.25) is 5.02 Å². The molecular formula is C22H17ClN2O3S. The van der Waals surface area contributed by atoms with Crippen LogP contribution in [0.15, 0.2) is 93.2 Å². The molecule has 0 fully saturated rings. The topological polar surface area (TPSA) is 72.2 Å². The highest BCUT2D eigenvalue weighted by Gasteiger charge is 2.29. The molecule has 7 heteroatoms. The van der Waals surface area contributed by atoms with Crippen LogP contribution in [0, 0.1) is 6.92 Å². The molecule has 0 amide bonds. The number of anilines is 2. The molecule has 0 saturated heterocycles. The molecule has 4 rings (SSSR count). The summed E-state index contributed by atoms with van der Waals surface area (Å²) in [7, 11) is -3.89. The van der Waals surface area contributed by atoms with Gasteiger partial charge in [0.25, 0.3) is 0 Å². The Morgan fingerprint density at radius 3 is 2.24 bits per heavy atom. The summed E-state index contributed by atoms with van der Waals surface area (Å²) in [6.45, 7) is 1.91.